The molecule has 0 aliphatic heterocycles. The third-order valence-corrected chi connectivity index (χ3v) is 3.01. The molecule has 0 saturated heterocycles. The van der Waals surface area contributed by atoms with E-state index in [-0.39, 0.29) is 30.2 Å². The molecular formula is C17H16NO4-. The molecule has 2 rings (SSSR count). The normalized spacial score (nSPS) is 10.0. The van der Waals surface area contributed by atoms with Crippen molar-refractivity contribution in [1.82, 2.24) is 0 Å². The second-order valence-corrected chi connectivity index (χ2v) is 4.80. The van der Waals surface area contributed by atoms with Gasteiger partial charge in [-0.2, -0.15) is 0 Å². The van der Waals surface area contributed by atoms with Crippen LogP contribution < -0.4 is 15.2 Å². The number of amides is 1. The highest BCUT2D eigenvalue weighted by Gasteiger charge is 2.07. The van der Waals surface area contributed by atoms with Crippen molar-refractivity contribution in [2.24, 2.45) is 0 Å². The summed E-state index contributed by atoms with van der Waals surface area (Å²) in [5, 5.41) is 13.5. The van der Waals surface area contributed by atoms with Crippen LogP contribution in [0.2, 0.25) is 0 Å². The van der Waals surface area contributed by atoms with Gasteiger partial charge in [0, 0.05) is 11.3 Å². The number of carboxylic acid groups (broad SMARTS) is 1. The van der Waals surface area contributed by atoms with Crippen LogP contribution in [-0.2, 0) is 4.79 Å². The van der Waals surface area contributed by atoms with Crippen molar-refractivity contribution in [2.45, 2.75) is 13.3 Å². The fraction of sp³-hybridized carbons (Fsp3) is 0.176. The van der Waals surface area contributed by atoms with Crippen molar-refractivity contribution < 1.29 is 19.4 Å². The summed E-state index contributed by atoms with van der Waals surface area (Å²) in [4.78, 5) is 22.8. The molecule has 5 nitrogen and oxygen atoms in total. The highest BCUT2D eigenvalue weighted by molar-refractivity contribution is 5.99. The Morgan fingerprint density at radius 2 is 1.91 bits per heavy atom. The number of carbonyl (C=O) groups excluding carboxylic acids is 2. The van der Waals surface area contributed by atoms with Gasteiger partial charge in [-0.15, -0.1) is 0 Å². The lowest BCUT2D eigenvalue weighted by atomic mass is 10.2. The Labute approximate surface area is 128 Å². The van der Waals surface area contributed by atoms with Gasteiger partial charge in [0.25, 0.3) is 0 Å². The molecule has 0 fully saturated rings. The molecule has 0 radical (unpaired) electrons. The molecule has 1 amide bonds. The molecule has 0 aromatic heterocycles. The summed E-state index contributed by atoms with van der Waals surface area (Å²) < 4.78 is 5.48. The first-order chi connectivity index (χ1) is 10.6. The molecule has 2 aromatic carbocycles. The maximum atomic E-state index is 11.8. The minimum atomic E-state index is -1.33. The Bertz CT molecular complexity index is 682. The monoisotopic (exact) mass is 298 g/mol. The zero-order valence-electron chi connectivity index (χ0n) is 12.2. The number of anilines is 1. The molecule has 114 valence electrons. The van der Waals surface area contributed by atoms with Gasteiger partial charge >= 0.3 is 0 Å². The molecule has 0 bridgehead atoms. The molecule has 5 heteroatoms. The highest BCUT2D eigenvalue weighted by atomic mass is 16.5. The molecule has 2 aromatic rings. The minimum absolute atomic E-state index is 0.0459. The molecule has 0 spiro atoms. The number of hydrogen-bond donors (Lipinski definition) is 1. The van der Waals surface area contributed by atoms with Crippen LogP contribution >= 0.6 is 0 Å². The van der Waals surface area contributed by atoms with Gasteiger partial charge in [-0.25, -0.2) is 0 Å². The lowest BCUT2D eigenvalue weighted by molar-refractivity contribution is -0.254. The second-order valence-electron chi connectivity index (χ2n) is 4.80. The predicted molar refractivity (Wildman–Crippen MR) is 80.7 cm³/mol. The van der Waals surface area contributed by atoms with Gasteiger partial charge in [0.05, 0.1) is 19.0 Å². The summed E-state index contributed by atoms with van der Waals surface area (Å²) in [6, 6.07) is 13.6. The van der Waals surface area contributed by atoms with E-state index in [1.807, 2.05) is 31.2 Å². The van der Waals surface area contributed by atoms with E-state index in [0.717, 1.165) is 5.56 Å². The van der Waals surface area contributed by atoms with Crippen LogP contribution in [0.5, 0.6) is 5.75 Å². The minimum Gasteiger partial charge on any atom is -0.545 e. The summed E-state index contributed by atoms with van der Waals surface area (Å²) in [7, 11) is 0. The number of nitrogens with one attached hydrogen (secondary N) is 1. The maximum absolute atomic E-state index is 11.8. The number of para-hydroxylation sites is 1. The first-order valence-electron chi connectivity index (χ1n) is 6.86. The third kappa shape index (κ3) is 4.34. The average molecular weight is 298 g/mol. The first kappa shape index (κ1) is 15.6. The Hall–Kier alpha value is -2.82. The summed E-state index contributed by atoms with van der Waals surface area (Å²) >= 11 is 0. The van der Waals surface area contributed by atoms with Gasteiger partial charge in [0.2, 0.25) is 5.91 Å². The second kappa shape index (κ2) is 7.26. The van der Waals surface area contributed by atoms with E-state index in [9.17, 15) is 14.7 Å². The SMILES string of the molecule is Cc1cccc(OCCC(=O)Nc2ccccc2C(=O)[O-])c1. The van der Waals surface area contributed by atoms with Crippen LogP contribution in [0.3, 0.4) is 0 Å². The number of hydrogen-bond acceptors (Lipinski definition) is 4. The third-order valence-electron chi connectivity index (χ3n) is 3.01. The topological polar surface area (TPSA) is 78.5 Å². The molecule has 0 atom stereocenters. The Morgan fingerprint density at radius 1 is 1.14 bits per heavy atom. The van der Waals surface area contributed by atoms with Gasteiger partial charge in [0.1, 0.15) is 5.75 Å². The predicted octanol–water partition coefficient (Wildman–Crippen LogP) is 1.77. The van der Waals surface area contributed by atoms with Gasteiger partial charge in [-0.1, -0.05) is 30.3 Å². The number of benzene rings is 2. The molecule has 1 N–H and O–H groups in total. The van der Waals surface area contributed by atoms with E-state index in [0.29, 0.717) is 5.75 Å². The summed E-state index contributed by atoms with van der Waals surface area (Å²) in [6.45, 7) is 2.17. The molecular weight excluding hydrogens is 282 g/mol. The van der Waals surface area contributed by atoms with E-state index < -0.39 is 5.97 Å². The van der Waals surface area contributed by atoms with Crippen LogP contribution in [0.4, 0.5) is 5.69 Å². The Morgan fingerprint density at radius 3 is 2.64 bits per heavy atom. The van der Waals surface area contributed by atoms with E-state index in [1.165, 1.54) is 12.1 Å². The number of ether oxygens (including phenoxy) is 1. The van der Waals surface area contributed by atoms with Gasteiger partial charge in [-0.3, -0.25) is 4.79 Å². The van der Waals surface area contributed by atoms with Crippen LogP contribution in [0.25, 0.3) is 0 Å². The van der Waals surface area contributed by atoms with Crippen LogP contribution in [0.15, 0.2) is 48.5 Å². The molecule has 0 aliphatic rings. The van der Waals surface area contributed by atoms with Gasteiger partial charge in [-0.05, 0) is 30.7 Å². The molecule has 0 saturated carbocycles. The number of aromatic carboxylic acids is 1. The van der Waals surface area contributed by atoms with Crippen LogP contribution in [0.1, 0.15) is 22.3 Å². The van der Waals surface area contributed by atoms with Crippen molar-refractivity contribution in [3.05, 3.63) is 59.7 Å². The Balaban J connectivity index is 1.87. The fourth-order valence-electron chi connectivity index (χ4n) is 1.95. The number of carbonyl (C=O) groups is 2. The molecule has 0 unspecified atom stereocenters. The lowest BCUT2D eigenvalue weighted by Gasteiger charge is -2.12. The van der Waals surface area contributed by atoms with E-state index in [2.05, 4.69) is 5.32 Å². The fourth-order valence-corrected chi connectivity index (χ4v) is 1.95. The molecule has 0 aliphatic carbocycles. The van der Waals surface area contributed by atoms with Gasteiger partial charge in [0.15, 0.2) is 0 Å². The first-order valence-corrected chi connectivity index (χ1v) is 6.86. The van der Waals surface area contributed by atoms with Gasteiger partial charge < -0.3 is 20.0 Å². The summed E-state index contributed by atoms with van der Waals surface area (Å²) in [6.07, 6.45) is 0.120. The zero-order chi connectivity index (χ0) is 15.9. The Kier molecular flexibility index (Phi) is 5.14. The van der Waals surface area contributed by atoms with Crippen molar-refractivity contribution in [3.63, 3.8) is 0 Å². The van der Waals surface area contributed by atoms with Crippen molar-refractivity contribution in [3.8, 4) is 5.75 Å². The van der Waals surface area contributed by atoms with Crippen LogP contribution in [-0.4, -0.2) is 18.5 Å². The number of aryl methyl sites for hydroxylation is 1. The maximum Gasteiger partial charge on any atom is 0.227 e. The lowest BCUT2D eigenvalue weighted by Crippen LogP contribution is -2.25. The summed E-state index contributed by atoms with van der Waals surface area (Å²) in [5.41, 5.74) is 1.25. The molecule has 22 heavy (non-hydrogen) atoms. The zero-order valence-corrected chi connectivity index (χ0v) is 12.2. The van der Waals surface area contributed by atoms with Crippen molar-refractivity contribution in [2.75, 3.05) is 11.9 Å². The quantitative estimate of drug-likeness (QED) is 0.881. The van der Waals surface area contributed by atoms with Crippen molar-refractivity contribution in [1.29, 1.82) is 0 Å². The molecule has 0 heterocycles. The van der Waals surface area contributed by atoms with Crippen LogP contribution in [0, 0.1) is 6.92 Å². The smallest absolute Gasteiger partial charge is 0.227 e. The standard InChI is InChI=1S/C17H17NO4/c1-12-5-4-6-13(11-12)22-10-9-16(19)18-15-8-3-2-7-14(15)17(20)21/h2-8,11H,9-10H2,1H3,(H,18,19)(H,20,21)/p-1. The van der Waals surface area contributed by atoms with E-state index >= 15 is 0 Å². The number of carboxylic acids is 1. The van der Waals surface area contributed by atoms with E-state index in [1.54, 1.807) is 12.1 Å². The van der Waals surface area contributed by atoms with Crippen molar-refractivity contribution >= 4 is 17.6 Å². The summed E-state index contributed by atoms with van der Waals surface area (Å²) in [5.74, 6) is -0.948. The number of rotatable bonds is 6. The average Bonchev–Trinajstić information content (AvgIpc) is 2.47. The highest BCUT2D eigenvalue weighted by Crippen LogP contribution is 2.15. The van der Waals surface area contributed by atoms with E-state index in [4.69, 9.17) is 4.74 Å². The largest absolute Gasteiger partial charge is 0.545 e.